The zero-order chi connectivity index (χ0) is 11.7. The Kier molecular flexibility index (Phi) is 8.33. The van der Waals surface area contributed by atoms with Gasteiger partial charge in [-0.2, -0.15) is 0 Å². The molecular formula is C11H25N3O. The second kappa shape index (κ2) is 8.68. The molecule has 0 saturated carbocycles. The fourth-order valence-corrected chi connectivity index (χ4v) is 1.07. The molecule has 0 bridgehead atoms. The van der Waals surface area contributed by atoms with Crippen molar-refractivity contribution in [2.45, 2.75) is 20.3 Å². The Balaban J connectivity index is 3.26. The fraction of sp³-hybridized carbons (Fsp3) is 0.909. The van der Waals surface area contributed by atoms with Gasteiger partial charge >= 0.3 is 0 Å². The first-order valence-electron chi connectivity index (χ1n) is 5.64. The van der Waals surface area contributed by atoms with Crippen molar-refractivity contribution in [3.8, 4) is 0 Å². The van der Waals surface area contributed by atoms with Crippen LogP contribution >= 0.6 is 0 Å². The summed E-state index contributed by atoms with van der Waals surface area (Å²) in [4.78, 5) is 13.4. The molecule has 0 radical (unpaired) electrons. The van der Waals surface area contributed by atoms with Crippen LogP contribution in [0.25, 0.3) is 0 Å². The zero-order valence-corrected chi connectivity index (χ0v) is 10.5. The quantitative estimate of drug-likeness (QED) is 0.572. The highest BCUT2D eigenvalue weighted by molar-refractivity contribution is 5.77. The number of nitrogens with zero attached hydrogens (tertiary/aromatic N) is 1. The highest BCUT2D eigenvalue weighted by Crippen LogP contribution is 1.95. The van der Waals surface area contributed by atoms with Gasteiger partial charge in [0.1, 0.15) is 0 Å². The zero-order valence-electron chi connectivity index (χ0n) is 10.5. The van der Waals surface area contributed by atoms with Gasteiger partial charge in [0.15, 0.2) is 0 Å². The first-order chi connectivity index (χ1) is 7.02. The molecule has 4 nitrogen and oxygen atoms in total. The number of hydrogen-bond acceptors (Lipinski definition) is 3. The van der Waals surface area contributed by atoms with Gasteiger partial charge in [-0.05, 0) is 26.4 Å². The van der Waals surface area contributed by atoms with Gasteiger partial charge in [-0.25, -0.2) is 0 Å². The maximum absolute atomic E-state index is 11.3. The summed E-state index contributed by atoms with van der Waals surface area (Å²) in [6, 6.07) is 0. The molecule has 0 aromatic rings. The summed E-state index contributed by atoms with van der Waals surface area (Å²) < 4.78 is 0. The highest BCUT2D eigenvalue weighted by Gasteiger charge is 2.00. The Bertz CT molecular complexity index is 169. The summed E-state index contributed by atoms with van der Waals surface area (Å²) in [5.41, 5.74) is 0. The molecular weight excluding hydrogens is 190 g/mol. The molecule has 4 heteroatoms. The summed E-state index contributed by atoms with van der Waals surface area (Å²) in [6.45, 7) is 7.32. The second-order valence-corrected chi connectivity index (χ2v) is 4.51. The van der Waals surface area contributed by atoms with Crippen LogP contribution in [0.5, 0.6) is 0 Å². The van der Waals surface area contributed by atoms with E-state index in [4.69, 9.17) is 0 Å². The van der Waals surface area contributed by atoms with Gasteiger partial charge in [-0.15, -0.1) is 0 Å². The summed E-state index contributed by atoms with van der Waals surface area (Å²) in [6.07, 6.45) is 1.05. The maximum atomic E-state index is 11.3. The third kappa shape index (κ3) is 11.3. The summed E-state index contributed by atoms with van der Waals surface area (Å²) in [5.74, 6) is 0.737. The van der Waals surface area contributed by atoms with E-state index >= 15 is 0 Å². The molecule has 0 heterocycles. The Hall–Kier alpha value is -0.610. The number of hydrogen-bond donors (Lipinski definition) is 2. The average molecular weight is 215 g/mol. The summed E-state index contributed by atoms with van der Waals surface area (Å²) in [5, 5.41) is 5.99. The molecule has 0 atom stereocenters. The summed E-state index contributed by atoms with van der Waals surface area (Å²) >= 11 is 0. The monoisotopic (exact) mass is 215 g/mol. The predicted octanol–water partition coefficient (Wildman–Crippen LogP) is 0.300. The van der Waals surface area contributed by atoms with Crippen molar-refractivity contribution in [3.63, 3.8) is 0 Å². The van der Waals surface area contributed by atoms with Crippen LogP contribution < -0.4 is 10.6 Å². The molecule has 0 aliphatic carbocycles. The second-order valence-electron chi connectivity index (χ2n) is 4.51. The van der Waals surface area contributed by atoms with E-state index in [2.05, 4.69) is 29.4 Å². The van der Waals surface area contributed by atoms with Crippen molar-refractivity contribution in [2.75, 3.05) is 40.3 Å². The van der Waals surface area contributed by atoms with Gasteiger partial charge < -0.3 is 15.5 Å². The highest BCUT2D eigenvalue weighted by atomic mass is 16.1. The van der Waals surface area contributed by atoms with Gasteiger partial charge in [0, 0.05) is 19.6 Å². The Labute approximate surface area is 93.4 Å². The van der Waals surface area contributed by atoms with Crippen LogP contribution in [0.4, 0.5) is 0 Å². The van der Waals surface area contributed by atoms with Gasteiger partial charge in [0.2, 0.25) is 5.91 Å². The van der Waals surface area contributed by atoms with E-state index in [0.29, 0.717) is 12.5 Å². The van der Waals surface area contributed by atoms with Crippen molar-refractivity contribution in [2.24, 2.45) is 5.92 Å². The first kappa shape index (κ1) is 14.4. The maximum Gasteiger partial charge on any atom is 0.233 e. The smallest absolute Gasteiger partial charge is 0.233 e. The lowest BCUT2D eigenvalue weighted by Crippen LogP contribution is -2.37. The van der Waals surface area contributed by atoms with Gasteiger partial charge in [-0.1, -0.05) is 13.8 Å². The minimum Gasteiger partial charge on any atom is -0.355 e. The summed E-state index contributed by atoms with van der Waals surface area (Å²) in [7, 11) is 4.04. The van der Waals surface area contributed by atoms with Crippen molar-refractivity contribution in [1.29, 1.82) is 0 Å². The molecule has 0 fully saturated rings. The molecule has 2 N–H and O–H groups in total. The average Bonchev–Trinajstić information content (AvgIpc) is 2.11. The molecule has 0 unspecified atom stereocenters. The molecule has 0 spiro atoms. The number of carbonyl (C=O) groups excluding carboxylic acids is 1. The van der Waals surface area contributed by atoms with Crippen LogP contribution in [-0.2, 0) is 4.79 Å². The van der Waals surface area contributed by atoms with Crippen molar-refractivity contribution >= 4 is 5.91 Å². The molecule has 0 rings (SSSR count). The molecule has 0 aromatic heterocycles. The lowest BCUT2D eigenvalue weighted by Gasteiger charge is -2.10. The van der Waals surface area contributed by atoms with Crippen molar-refractivity contribution in [1.82, 2.24) is 15.5 Å². The van der Waals surface area contributed by atoms with Gasteiger partial charge in [0.25, 0.3) is 0 Å². The van der Waals surface area contributed by atoms with Crippen LogP contribution in [0.2, 0.25) is 0 Å². The van der Waals surface area contributed by atoms with Crippen LogP contribution in [0.3, 0.4) is 0 Å². The molecule has 15 heavy (non-hydrogen) atoms. The van der Waals surface area contributed by atoms with Crippen molar-refractivity contribution in [3.05, 3.63) is 0 Å². The van der Waals surface area contributed by atoms with E-state index in [-0.39, 0.29) is 5.91 Å². The Morgan fingerprint density at radius 3 is 2.47 bits per heavy atom. The van der Waals surface area contributed by atoms with E-state index in [0.717, 1.165) is 26.1 Å². The van der Waals surface area contributed by atoms with Gasteiger partial charge in [0.05, 0.1) is 6.54 Å². The standard InChI is InChI=1S/C11H25N3O/c1-10(2)5-6-13-11(15)9-12-7-8-14(3)4/h10,12H,5-9H2,1-4H3,(H,13,15). The van der Waals surface area contributed by atoms with E-state index in [1.54, 1.807) is 0 Å². The van der Waals surface area contributed by atoms with Crippen LogP contribution in [0, 0.1) is 5.92 Å². The normalized spacial score (nSPS) is 11.1. The van der Waals surface area contributed by atoms with Crippen LogP contribution in [0.15, 0.2) is 0 Å². The Morgan fingerprint density at radius 1 is 1.27 bits per heavy atom. The molecule has 0 aliphatic rings. The van der Waals surface area contributed by atoms with Crippen LogP contribution in [-0.4, -0.2) is 51.1 Å². The van der Waals surface area contributed by atoms with E-state index in [1.807, 2.05) is 14.1 Å². The number of carbonyl (C=O) groups is 1. The van der Waals surface area contributed by atoms with E-state index in [1.165, 1.54) is 0 Å². The lowest BCUT2D eigenvalue weighted by molar-refractivity contribution is -0.120. The third-order valence-corrected chi connectivity index (χ3v) is 2.07. The largest absolute Gasteiger partial charge is 0.355 e. The van der Waals surface area contributed by atoms with Gasteiger partial charge in [-0.3, -0.25) is 4.79 Å². The number of nitrogens with one attached hydrogen (secondary N) is 2. The predicted molar refractivity (Wildman–Crippen MR) is 63.9 cm³/mol. The molecule has 0 aliphatic heterocycles. The molecule has 0 saturated heterocycles. The van der Waals surface area contributed by atoms with E-state index < -0.39 is 0 Å². The topological polar surface area (TPSA) is 44.4 Å². The minimum absolute atomic E-state index is 0.0920. The molecule has 0 aromatic carbocycles. The lowest BCUT2D eigenvalue weighted by atomic mass is 10.1. The number of amides is 1. The molecule has 90 valence electrons. The van der Waals surface area contributed by atoms with Crippen LogP contribution in [0.1, 0.15) is 20.3 Å². The Morgan fingerprint density at radius 2 is 1.93 bits per heavy atom. The first-order valence-corrected chi connectivity index (χ1v) is 5.64. The number of rotatable bonds is 8. The van der Waals surface area contributed by atoms with E-state index in [9.17, 15) is 4.79 Å². The number of likely N-dealkylation sites (N-methyl/N-ethyl adjacent to an activating group) is 1. The SMILES string of the molecule is CC(C)CCNC(=O)CNCCN(C)C. The fourth-order valence-electron chi connectivity index (χ4n) is 1.07. The molecule has 1 amide bonds. The minimum atomic E-state index is 0.0920. The third-order valence-electron chi connectivity index (χ3n) is 2.07. The van der Waals surface area contributed by atoms with Crippen molar-refractivity contribution < 1.29 is 4.79 Å².